The molecule has 0 aliphatic rings. The van der Waals surface area contributed by atoms with Crippen LogP contribution in [0, 0.1) is 0 Å². The lowest BCUT2D eigenvalue weighted by Gasteiger charge is -2.26. The fourth-order valence-corrected chi connectivity index (χ4v) is 1.74. The van der Waals surface area contributed by atoms with Gasteiger partial charge in [-0.3, -0.25) is 0 Å². The third-order valence-electron chi connectivity index (χ3n) is 2.45. The highest BCUT2D eigenvalue weighted by Crippen LogP contribution is 2.00. The molecule has 0 bridgehead atoms. The van der Waals surface area contributed by atoms with E-state index in [-0.39, 0.29) is 6.10 Å². The van der Waals surface area contributed by atoms with Crippen LogP contribution in [0.15, 0.2) is 30.3 Å². The molecule has 0 fully saturated rings. The molecule has 3 nitrogen and oxygen atoms in total. The first-order valence-electron chi connectivity index (χ1n) is 6.07. The van der Waals surface area contributed by atoms with Crippen LogP contribution in [-0.2, 0) is 11.2 Å². The Morgan fingerprint density at radius 1 is 1.18 bits per heavy atom. The molecule has 0 saturated heterocycles. The van der Waals surface area contributed by atoms with Gasteiger partial charge < -0.3 is 14.3 Å². The van der Waals surface area contributed by atoms with Crippen LogP contribution in [0.25, 0.3) is 0 Å². The van der Waals surface area contributed by atoms with Crippen LogP contribution in [0.3, 0.4) is 0 Å². The van der Waals surface area contributed by atoms with E-state index in [2.05, 4.69) is 33.3 Å². The summed E-state index contributed by atoms with van der Waals surface area (Å²) >= 11 is 0. The van der Waals surface area contributed by atoms with E-state index < -0.39 is 0 Å². The largest absolute Gasteiger partial charge is 0.385 e. The van der Waals surface area contributed by atoms with Gasteiger partial charge in [0.1, 0.15) is 12.6 Å². The number of aliphatic hydroxyl groups excluding tert-OH is 1. The van der Waals surface area contributed by atoms with Gasteiger partial charge in [-0.05, 0) is 12.0 Å². The van der Waals surface area contributed by atoms with Gasteiger partial charge in [0, 0.05) is 0 Å². The quantitative estimate of drug-likeness (QED) is 0.573. The van der Waals surface area contributed by atoms with E-state index in [0.29, 0.717) is 19.8 Å². The monoisotopic (exact) mass is 238 g/mol. The Bertz CT molecular complexity index is 306. The molecule has 0 spiro atoms. The Balaban J connectivity index is 2.12. The number of rotatable bonds is 7. The van der Waals surface area contributed by atoms with E-state index in [0.717, 1.165) is 10.9 Å². The lowest BCUT2D eigenvalue weighted by Crippen LogP contribution is -2.43. The van der Waals surface area contributed by atoms with Gasteiger partial charge in [-0.2, -0.15) is 0 Å². The van der Waals surface area contributed by atoms with Crippen molar-refractivity contribution in [2.45, 2.75) is 12.5 Å². The maximum atomic E-state index is 9.74. The van der Waals surface area contributed by atoms with Gasteiger partial charge in [0.05, 0.1) is 34.4 Å². The predicted octanol–water partition coefficient (Wildman–Crippen LogP) is 1.31. The van der Waals surface area contributed by atoms with Crippen molar-refractivity contribution in [3.05, 3.63) is 35.9 Å². The van der Waals surface area contributed by atoms with E-state index in [1.807, 2.05) is 18.2 Å². The summed E-state index contributed by atoms with van der Waals surface area (Å²) in [4.78, 5) is 0. The smallest absolute Gasteiger partial charge is 0.126 e. The maximum absolute atomic E-state index is 9.74. The number of ether oxygens (including phenoxy) is 1. The van der Waals surface area contributed by atoms with E-state index >= 15 is 0 Å². The van der Waals surface area contributed by atoms with Crippen LogP contribution < -0.4 is 0 Å². The number of hydrogen-bond acceptors (Lipinski definition) is 2. The zero-order valence-corrected chi connectivity index (χ0v) is 11.1. The molecule has 0 amide bonds. The van der Waals surface area contributed by atoms with Gasteiger partial charge in [-0.25, -0.2) is 0 Å². The minimum Gasteiger partial charge on any atom is -0.385 e. The maximum Gasteiger partial charge on any atom is 0.126 e. The van der Waals surface area contributed by atoms with Crippen molar-refractivity contribution in [2.24, 2.45) is 0 Å². The van der Waals surface area contributed by atoms with Crippen LogP contribution in [0.1, 0.15) is 5.56 Å². The molecule has 1 rings (SSSR count). The highest BCUT2D eigenvalue weighted by atomic mass is 16.5. The van der Waals surface area contributed by atoms with Gasteiger partial charge in [0.15, 0.2) is 0 Å². The summed E-state index contributed by atoms with van der Waals surface area (Å²) in [6, 6.07) is 10.2. The van der Waals surface area contributed by atoms with Gasteiger partial charge >= 0.3 is 0 Å². The Kier molecular flexibility index (Phi) is 5.62. The molecule has 1 aromatic carbocycles. The van der Waals surface area contributed by atoms with Crippen LogP contribution >= 0.6 is 0 Å². The zero-order chi connectivity index (χ0) is 12.7. The molecule has 0 heterocycles. The van der Waals surface area contributed by atoms with Gasteiger partial charge in [0.25, 0.3) is 0 Å². The molecule has 0 aliphatic carbocycles. The van der Waals surface area contributed by atoms with Crippen molar-refractivity contribution in [1.82, 2.24) is 0 Å². The van der Waals surface area contributed by atoms with Crippen LogP contribution in [0.4, 0.5) is 0 Å². The predicted molar refractivity (Wildman–Crippen MR) is 69.9 cm³/mol. The molecule has 0 aliphatic heterocycles. The molecule has 0 aromatic heterocycles. The number of aliphatic hydroxyl groups is 1. The number of benzene rings is 1. The van der Waals surface area contributed by atoms with Gasteiger partial charge in [-0.15, -0.1) is 0 Å². The zero-order valence-electron chi connectivity index (χ0n) is 11.1. The third-order valence-corrected chi connectivity index (χ3v) is 2.45. The lowest BCUT2D eigenvalue weighted by molar-refractivity contribution is -0.873. The molecule has 1 aromatic rings. The second-order valence-electron chi connectivity index (χ2n) is 5.44. The van der Waals surface area contributed by atoms with Crippen molar-refractivity contribution in [3.8, 4) is 0 Å². The van der Waals surface area contributed by atoms with E-state index in [4.69, 9.17) is 4.74 Å². The fraction of sp³-hybridized carbons (Fsp3) is 0.571. The van der Waals surface area contributed by atoms with Crippen molar-refractivity contribution in [3.63, 3.8) is 0 Å². The van der Waals surface area contributed by atoms with Crippen LogP contribution in [-0.4, -0.2) is 56.6 Å². The van der Waals surface area contributed by atoms with Crippen molar-refractivity contribution in [2.75, 3.05) is 40.9 Å². The summed E-state index contributed by atoms with van der Waals surface area (Å²) in [5.41, 5.74) is 1.27. The first-order valence-corrected chi connectivity index (χ1v) is 6.07. The highest BCUT2D eigenvalue weighted by molar-refractivity contribution is 5.14. The third kappa shape index (κ3) is 7.10. The standard InChI is InChI=1S/C14H24NO2/c1-15(2,3)11-14(16)12-17-10-9-13-7-5-4-6-8-13/h4-8,14,16H,9-12H2,1-3H3/q+1. The van der Waals surface area contributed by atoms with Gasteiger partial charge in [-0.1, -0.05) is 30.3 Å². The topological polar surface area (TPSA) is 29.5 Å². The summed E-state index contributed by atoms with van der Waals surface area (Å²) in [5, 5.41) is 9.74. The normalized spacial score (nSPS) is 13.6. The molecule has 96 valence electrons. The molecular weight excluding hydrogens is 214 g/mol. The van der Waals surface area contributed by atoms with Crippen LogP contribution in [0.2, 0.25) is 0 Å². The Labute approximate surface area is 104 Å². The van der Waals surface area contributed by atoms with Crippen molar-refractivity contribution >= 4 is 0 Å². The summed E-state index contributed by atoms with van der Waals surface area (Å²) in [7, 11) is 6.19. The van der Waals surface area contributed by atoms with E-state index in [1.165, 1.54) is 5.56 Å². The summed E-state index contributed by atoms with van der Waals surface area (Å²) in [6.45, 7) is 1.80. The van der Waals surface area contributed by atoms with E-state index in [9.17, 15) is 5.11 Å². The molecule has 1 atom stereocenters. The summed E-state index contributed by atoms with van der Waals surface area (Å²) in [6.07, 6.45) is 0.517. The molecule has 1 N–H and O–H groups in total. The second kappa shape index (κ2) is 6.74. The number of hydrogen-bond donors (Lipinski definition) is 1. The summed E-state index contributed by atoms with van der Waals surface area (Å²) in [5.74, 6) is 0. The lowest BCUT2D eigenvalue weighted by atomic mass is 10.2. The molecule has 3 heteroatoms. The average Bonchev–Trinajstić information content (AvgIpc) is 2.23. The highest BCUT2D eigenvalue weighted by Gasteiger charge is 2.15. The first kappa shape index (κ1) is 14.2. The minimum absolute atomic E-state index is 0.384. The molecular formula is C14H24NO2+. The number of nitrogens with zero attached hydrogens (tertiary/aromatic N) is 1. The van der Waals surface area contributed by atoms with Crippen LogP contribution in [0.5, 0.6) is 0 Å². The second-order valence-corrected chi connectivity index (χ2v) is 5.44. The molecule has 0 radical (unpaired) electrons. The average molecular weight is 238 g/mol. The summed E-state index contributed by atoms with van der Waals surface area (Å²) < 4.78 is 6.24. The Morgan fingerprint density at radius 2 is 1.82 bits per heavy atom. The Hall–Kier alpha value is -0.900. The fourth-order valence-electron chi connectivity index (χ4n) is 1.74. The minimum atomic E-state index is -0.384. The molecule has 17 heavy (non-hydrogen) atoms. The number of quaternary nitrogens is 1. The van der Waals surface area contributed by atoms with Crippen molar-refractivity contribution < 1.29 is 14.3 Å². The SMILES string of the molecule is C[N+](C)(C)CC(O)COCCc1ccccc1. The van der Waals surface area contributed by atoms with Gasteiger partial charge in [0.2, 0.25) is 0 Å². The first-order chi connectivity index (χ1) is 7.97. The van der Waals surface area contributed by atoms with Crippen molar-refractivity contribution in [1.29, 1.82) is 0 Å². The number of likely N-dealkylation sites (N-methyl/N-ethyl adjacent to an activating group) is 1. The molecule has 0 saturated carbocycles. The molecule has 1 unspecified atom stereocenters. The van der Waals surface area contributed by atoms with E-state index in [1.54, 1.807) is 0 Å². The Morgan fingerprint density at radius 3 is 2.41 bits per heavy atom.